The molecule has 170 valence electrons. The van der Waals surface area contributed by atoms with Crippen molar-refractivity contribution in [2.45, 2.75) is 6.92 Å². The Morgan fingerprint density at radius 1 is 0.853 bits per heavy atom. The number of piperazine rings is 1. The predicted molar refractivity (Wildman–Crippen MR) is 136 cm³/mol. The molecule has 34 heavy (non-hydrogen) atoms. The summed E-state index contributed by atoms with van der Waals surface area (Å²) in [6, 6.07) is 19.7. The number of fused-ring (bicyclic) bond motifs is 2. The van der Waals surface area contributed by atoms with Gasteiger partial charge in [-0.15, -0.1) is 0 Å². The van der Waals surface area contributed by atoms with Crippen molar-refractivity contribution in [1.29, 1.82) is 0 Å². The van der Waals surface area contributed by atoms with Gasteiger partial charge in [0.05, 0.1) is 17.4 Å². The molecule has 1 aliphatic rings. The summed E-state index contributed by atoms with van der Waals surface area (Å²) in [6.45, 7) is 6.27. The Morgan fingerprint density at radius 3 is 2.44 bits per heavy atom. The topological polar surface area (TPSA) is 36.7 Å². The minimum Gasteiger partial charge on any atom is -0.369 e. The van der Waals surface area contributed by atoms with Gasteiger partial charge >= 0.3 is 0 Å². The number of hydrogen-bond acceptors (Lipinski definition) is 4. The first kappa shape index (κ1) is 20.8. The van der Waals surface area contributed by atoms with Gasteiger partial charge in [-0.2, -0.15) is 0 Å². The minimum absolute atomic E-state index is 0.268. The molecule has 1 saturated heterocycles. The smallest absolute Gasteiger partial charge is 0.137 e. The molecule has 0 saturated carbocycles. The number of hydrogen-bond donors (Lipinski definition) is 0. The van der Waals surface area contributed by atoms with Crippen LogP contribution in [0.4, 0.5) is 10.1 Å². The number of imidazole rings is 1. The Balaban J connectivity index is 1.35. The first-order valence-corrected chi connectivity index (χ1v) is 11.6. The van der Waals surface area contributed by atoms with Crippen LogP contribution in [0.15, 0.2) is 73.1 Å². The zero-order valence-electron chi connectivity index (χ0n) is 19.4. The van der Waals surface area contributed by atoms with Crippen molar-refractivity contribution < 1.29 is 4.39 Å². The number of halogens is 1. The zero-order chi connectivity index (χ0) is 23.2. The van der Waals surface area contributed by atoms with E-state index in [0.717, 1.165) is 70.8 Å². The van der Waals surface area contributed by atoms with E-state index in [1.165, 1.54) is 11.8 Å². The largest absolute Gasteiger partial charge is 0.369 e. The van der Waals surface area contributed by atoms with Crippen LogP contribution in [0.2, 0.25) is 0 Å². The molecule has 5 aromatic rings. The Hall–Kier alpha value is -3.77. The number of anilines is 1. The second-order valence-corrected chi connectivity index (χ2v) is 9.10. The van der Waals surface area contributed by atoms with E-state index in [0.29, 0.717) is 0 Å². The van der Waals surface area contributed by atoms with Crippen molar-refractivity contribution in [3.8, 4) is 22.4 Å². The summed E-state index contributed by atoms with van der Waals surface area (Å²) in [6.07, 6.45) is 3.90. The number of aromatic nitrogens is 3. The van der Waals surface area contributed by atoms with E-state index in [1.54, 1.807) is 12.1 Å². The fourth-order valence-corrected chi connectivity index (χ4v) is 4.83. The fraction of sp³-hybridized carbons (Fsp3) is 0.214. The van der Waals surface area contributed by atoms with Gasteiger partial charge in [-0.25, -0.2) is 9.37 Å². The van der Waals surface area contributed by atoms with E-state index in [9.17, 15) is 4.39 Å². The van der Waals surface area contributed by atoms with Crippen molar-refractivity contribution in [3.63, 3.8) is 0 Å². The summed E-state index contributed by atoms with van der Waals surface area (Å²) in [4.78, 5) is 14.0. The third-order valence-corrected chi connectivity index (χ3v) is 6.76. The monoisotopic (exact) mass is 451 g/mol. The van der Waals surface area contributed by atoms with Crippen LogP contribution in [-0.4, -0.2) is 52.5 Å². The van der Waals surface area contributed by atoms with Crippen LogP contribution >= 0.6 is 0 Å². The lowest BCUT2D eigenvalue weighted by Gasteiger charge is -2.34. The summed E-state index contributed by atoms with van der Waals surface area (Å²) >= 11 is 0. The molecule has 4 heterocycles. The lowest BCUT2D eigenvalue weighted by Crippen LogP contribution is -2.44. The molecule has 0 bridgehead atoms. The number of pyridine rings is 2. The molecule has 5 nitrogen and oxygen atoms in total. The molecule has 0 spiro atoms. The van der Waals surface area contributed by atoms with Gasteiger partial charge in [-0.1, -0.05) is 12.1 Å². The number of aryl methyl sites for hydroxylation is 1. The quantitative estimate of drug-likeness (QED) is 0.367. The van der Waals surface area contributed by atoms with Crippen LogP contribution < -0.4 is 4.90 Å². The normalized spacial score (nSPS) is 14.9. The van der Waals surface area contributed by atoms with Gasteiger partial charge in [0.1, 0.15) is 11.5 Å². The van der Waals surface area contributed by atoms with E-state index >= 15 is 0 Å². The van der Waals surface area contributed by atoms with Crippen molar-refractivity contribution in [3.05, 3.63) is 84.6 Å². The highest BCUT2D eigenvalue weighted by Crippen LogP contribution is 2.31. The second-order valence-electron chi connectivity index (χ2n) is 9.10. The molecule has 1 aliphatic heterocycles. The van der Waals surface area contributed by atoms with Crippen molar-refractivity contribution in [2.24, 2.45) is 0 Å². The third kappa shape index (κ3) is 3.70. The highest BCUT2D eigenvalue weighted by atomic mass is 19.1. The summed E-state index contributed by atoms with van der Waals surface area (Å²) in [7, 11) is 2.17. The first-order valence-electron chi connectivity index (χ1n) is 11.6. The van der Waals surface area contributed by atoms with Crippen LogP contribution in [0.1, 0.15) is 5.69 Å². The molecule has 1 fully saturated rings. The molecule has 0 N–H and O–H groups in total. The molecule has 2 aromatic carbocycles. The Bertz CT molecular complexity index is 1500. The van der Waals surface area contributed by atoms with Crippen LogP contribution in [0.5, 0.6) is 0 Å². The number of nitrogens with zero attached hydrogens (tertiary/aromatic N) is 5. The molecule has 6 rings (SSSR count). The van der Waals surface area contributed by atoms with Gasteiger partial charge in [0.15, 0.2) is 0 Å². The molecular formula is C28H26FN5. The Kier molecular flexibility index (Phi) is 5.03. The van der Waals surface area contributed by atoms with Crippen molar-refractivity contribution in [2.75, 3.05) is 38.1 Å². The number of likely N-dealkylation sites (N-methyl/N-ethyl adjacent to an activating group) is 1. The third-order valence-electron chi connectivity index (χ3n) is 6.76. The highest BCUT2D eigenvalue weighted by molar-refractivity contribution is 5.94. The van der Waals surface area contributed by atoms with Crippen LogP contribution in [0.25, 0.3) is 38.9 Å². The first-order chi connectivity index (χ1) is 16.5. The van der Waals surface area contributed by atoms with Crippen LogP contribution in [0.3, 0.4) is 0 Å². The van der Waals surface area contributed by atoms with Crippen molar-refractivity contribution >= 4 is 22.2 Å². The maximum absolute atomic E-state index is 14.0. The lowest BCUT2D eigenvalue weighted by atomic mass is 10.0. The summed E-state index contributed by atoms with van der Waals surface area (Å²) in [5.41, 5.74) is 7.94. The fourth-order valence-electron chi connectivity index (χ4n) is 4.83. The van der Waals surface area contributed by atoms with Gasteiger partial charge in [0.25, 0.3) is 0 Å². The summed E-state index contributed by atoms with van der Waals surface area (Å²) in [5.74, 6) is -0.268. The molecule has 0 atom stereocenters. The van der Waals surface area contributed by atoms with Gasteiger partial charge in [-0.3, -0.25) is 9.38 Å². The lowest BCUT2D eigenvalue weighted by molar-refractivity contribution is 0.313. The maximum Gasteiger partial charge on any atom is 0.137 e. The van der Waals surface area contributed by atoms with Gasteiger partial charge in [-0.05, 0) is 73.6 Å². The van der Waals surface area contributed by atoms with E-state index in [2.05, 4.69) is 67.6 Å². The van der Waals surface area contributed by atoms with E-state index in [1.807, 2.05) is 25.4 Å². The summed E-state index contributed by atoms with van der Waals surface area (Å²) < 4.78 is 16.1. The van der Waals surface area contributed by atoms with E-state index in [4.69, 9.17) is 0 Å². The van der Waals surface area contributed by atoms with Crippen LogP contribution in [0, 0.1) is 12.7 Å². The van der Waals surface area contributed by atoms with E-state index < -0.39 is 0 Å². The van der Waals surface area contributed by atoms with Crippen LogP contribution in [-0.2, 0) is 0 Å². The standard InChI is InChI=1S/C28H26FN5/c1-19-15-25(24-17-22(29)5-8-26(24)31-19)27-18-30-28-16-21(9-10-34(27)28)20-3-6-23(7-4-20)33-13-11-32(2)12-14-33/h3-10,15-18H,11-14H2,1-2H3. The van der Waals surface area contributed by atoms with Gasteiger partial charge in [0, 0.05) is 54.7 Å². The predicted octanol–water partition coefficient (Wildman–Crippen LogP) is 5.42. The summed E-state index contributed by atoms with van der Waals surface area (Å²) in [5, 5.41) is 0.788. The average molecular weight is 452 g/mol. The maximum atomic E-state index is 14.0. The minimum atomic E-state index is -0.268. The second kappa shape index (κ2) is 8.22. The zero-order valence-corrected chi connectivity index (χ0v) is 19.4. The SMILES string of the molecule is Cc1cc(-c2cnc3cc(-c4ccc(N5CCN(C)CC5)cc4)ccn23)c2cc(F)ccc2n1. The number of rotatable bonds is 3. The molecule has 0 radical (unpaired) electrons. The molecule has 0 amide bonds. The van der Waals surface area contributed by atoms with Gasteiger partial charge < -0.3 is 9.80 Å². The molecule has 0 unspecified atom stereocenters. The molecule has 0 aliphatic carbocycles. The number of benzene rings is 2. The Morgan fingerprint density at radius 2 is 1.65 bits per heavy atom. The Labute approximate surface area is 198 Å². The average Bonchev–Trinajstić information content (AvgIpc) is 3.27. The van der Waals surface area contributed by atoms with Crippen molar-refractivity contribution in [1.82, 2.24) is 19.3 Å². The molecule has 3 aromatic heterocycles. The highest BCUT2D eigenvalue weighted by Gasteiger charge is 2.15. The molecular weight excluding hydrogens is 425 g/mol. The van der Waals surface area contributed by atoms with Gasteiger partial charge in [0.2, 0.25) is 0 Å². The molecule has 6 heteroatoms. The van der Waals surface area contributed by atoms with E-state index in [-0.39, 0.29) is 5.82 Å².